The van der Waals surface area contributed by atoms with Crippen molar-refractivity contribution < 1.29 is 4.39 Å². The first-order chi connectivity index (χ1) is 14.0. The molecule has 0 radical (unpaired) electrons. The maximum absolute atomic E-state index is 13.4. The fourth-order valence-corrected chi connectivity index (χ4v) is 5.62. The molecule has 3 atom stereocenters. The molecule has 0 amide bonds. The van der Waals surface area contributed by atoms with Crippen molar-refractivity contribution in [2.45, 2.75) is 38.1 Å². The number of thioether (sulfide) groups is 1. The summed E-state index contributed by atoms with van der Waals surface area (Å²) in [4.78, 5) is 12.1. The van der Waals surface area contributed by atoms with E-state index in [1.807, 2.05) is 42.2 Å². The number of amidine groups is 1. The molecule has 0 saturated carbocycles. The molecule has 3 aromatic rings. The van der Waals surface area contributed by atoms with Gasteiger partial charge in [0.2, 0.25) is 0 Å². The van der Waals surface area contributed by atoms with E-state index in [9.17, 15) is 4.39 Å². The van der Waals surface area contributed by atoms with Gasteiger partial charge in [0.25, 0.3) is 0 Å². The van der Waals surface area contributed by atoms with Crippen molar-refractivity contribution in [2.75, 3.05) is 6.54 Å². The SMILES string of the molecule is Cc1cc(C2C(c3ccccn3)N=C3SC(C)CN32)c(C)n1-c1ccc(F)cc1. The third kappa shape index (κ3) is 3.06. The number of hydrogen-bond donors (Lipinski definition) is 0. The first-order valence-corrected chi connectivity index (χ1v) is 10.8. The number of fused-ring (bicyclic) bond motifs is 1. The van der Waals surface area contributed by atoms with Crippen LogP contribution < -0.4 is 0 Å². The molecule has 29 heavy (non-hydrogen) atoms. The molecule has 2 aromatic heterocycles. The number of nitrogens with zero attached hydrogens (tertiary/aromatic N) is 4. The zero-order chi connectivity index (χ0) is 20.1. The molecule has 1 saturated heterocycles. The van der Waals surface area contributed by atoms with Gasteiger partial charge in [0.05, 0.1) is 11.7 Å². The first kappa shape index (κ1) is 18.4. The van der Waals surface area contributed by atoms with E-state index in [2.05, 4.69) is 47.4 Å². The van der Waals surface area contributed by atoms with Crippen molar-refractivity contribution in [1.29, 1.82) is 0 Å². The maximum atomic E-state index is 13.4. The maximum Gasteiger partial charge on any atom is 0.160 e. The van der Waals surface area contributed by atoms with Gasteiger partial charge in [0.15, 0.2) is 5.17 Å². The van der Waals surface area contributed by atoms with Crippen molar-refractivity contribution in [3.63, 3.8) is 0 Å². The highest BCUT2D eigenvalue weighted by atomic mass is 32.2. The monoisotopic (exact) mass is 406 g/mol. The quantitative estimate of drug-likeness (QED) is 0.598. The molecule has 2 aliphatic heterocycles. The van der Waals surface area contributed by atoms with Gasteiger partial charge in [-0.15, -0.1) is 0 Å². The van der Waals surface area contributed by atoms with Crippen LogP contribution in [0.4, 0.5) is 4.39 Å². The number of benzene rings is 1. The molecular weight excluding hydrogens is 383 g/mol. The fourth-order valence-electron chi connectivity index (χ4n) is 4.53. The Bertz CT molecular complexity index is 1070. The second-order valence-electron chi connectivity index (χ2n) is 7.78. The van der Waals surface area contributed by atoms with Gasteiger partial charge in [0, 0.05) is 35.1 Å². The molecule has 1 fully saturated rings. The lowest BCUT2D eigenvalue weighted by molar-refractivity contribution is 0.320. The van der Waals surface area contributed by atoms with Gasteiger partial charge < -0.3 is 9.47 Å². The molecule has 4 nitrogen and oxygen atoms in total. The van der Waals surface area contributed by atoms with Crippen molar-refractivity contribution in [2.24, 2.45) is 4.99 Å². The van der Waals surface area contributed by atoms with Crippen LogP contribution in [0.3, 0.4) is 0 Å². The molecule has 0 bridgehead atoms. The van der Waals surface area contributed by atoms with Gasteiger partial charge in [-0.05, 0) is 61.9 Å². The van der Waals surface area contributed by atoms with E-state index in [4.69, 9.17) is 4.99 Å². The molecule has 148 valence electrons. The Morgan fingerprint density at radius 2 is 1.90 bits per heavy atom. The summed E-state index contributed by atoms with van der Waals surface area (Å²) in [5.74, 6) is -0.219. The predicted octanol–water partition coefficient (Wildman–Crippen LogP) is 5.22. The summed E-state index contributed by atoms with van der Waals surface area (Å²) in [6.45, 7) is 7.48. The van der Waals surface area contributed by atoms with Crippen LogP contribution in [0.15, 0.2) is 59.7 Å². The predicted molar refractivity (Wildman–Crippen MR) is 116 cm³/mol. The van der Waals surface area contributed by atoms with Crippen LogP contribution in [-0.4, -0.2) is 31.4 Å². The van der Waals surface area contributed by atoms with Crippen molar-refractivity contribution in [1.82, 2.24) is 14.5 Å². The molecule has 6 heteroatoms. The van der Waals surface area contributed by atoms with E-state index < -0.39 is 0 Å². The summed E-state index contributed by atoms with van der Waals surface area (Å²) in [5, 5.41) is 1.64. The highest BCUT2D eigenvalue weighted by Crippen LogP contribution is 2.48. The van der Waals surface area contributed by atoms with Crippen LogP contribution in [0.1, 0.15) is 41.7 Å². The van der Waals surface area contributed by atoms with Crippen molar-refractivity contribution >= 4 is 16.9 Å². The van der Waals surface area contributed by atoms with E-state index >= 15 is 0 Å². The Morgan fingerprint density at radius 3 is 2.62 bits per heavy atom. The Hall–Kier alpha value is -2.60. The number of aromatic nitrogens is 2. The standard InChI is InChI=1S/C23H23FN4S/c1-14-12-19(16(3)28(14)18-9-7-17(24)8-10-18)22-21(20-6-4-5-11-25-20)26-23-27(22)13-15(2)29-23/h4-12,15,21-22H,13H2,1-3H3. The number of aliphatic imine (C=N–C) groups is 1. The smallest absolute Gasteiger partial charge is 0.160 e. The Labute approximate surface area is 174 Å². The number of rotatable bonds is 3. The van der Waals surface area contributed by atoms with Gasteiger partial charge in [-0.2, -0.15) is 0 Å². The highest BCUT2D eigenvalue weighted by Gasteiger charge is 2.44. The van der Waals surface area contributed by atoms with Crippen LogP contribution in [0.25, 0.3) is 5.69 Å². The minimum atomic E-state index is -0.219. The second kappa shape index (κ2) is 7.02. The normalized spacial score (nSPS) is 23.4. The lowest BCUT2D eigenvalue weighted by Crippen LogP contribution is -2.28. The highest BCUT2D eigenvalue weighted by molar-refractivity contribution is 8.14. The number of aryl methyl sites for hydroxylation is 1. The average Bonchev–Trinajstić information content (AvgIpc) is 3.33. The fraction of sp³-hybridized carbons (Fsp3) is 0.304. The van der Waals surface area contributed by atoms with Crippen molar-refractivity contribution in [3.8, 4) is 5.69 Å². The summed E-state index contributed by atoms with van der Waals surface area (Å²) in [5.41, 5.74) is 5.54. The number of halogens is 1. The second-order valence-corrected chi connectivity index (χ2v) is 9.18. The van der Waals surface area contributed by atoms with E-state index in [1.165, 1.54) is 23.4 Å². The largest absolute Gasteiger partial charge is 0.341 e. The Morgan fingerprint density at radius 1 is 1.10 bits per heavy atom. The number of pyridine rings is 1. The first-order valence-electron chi connectivity index (χ1n) is 9.89. The van der Waals surface area contributed by atoms with E-state index in [1.54, 1.807) is 0 Å². The molecule has 5 rings (SSSR count). The van der Waals surface area contributed by atoms with Crippen LogP contribution >= 0.6 is 11.8 Å². The van der Waals surface area contributed by atoms with Crippen LogP contribution in [0.2, 0.25) is 0 Å². The van der Waals surface area contributed by atoms with Crippen LogP contribution in [0, 0.1) is 19.7 Å². The summed E-state index contributed by atoms with van der Waals surface area (Å²) in [6, 6.07) is 15.1. The van der Waals surface area contributed by atoms with Gasteiger partial charge in [-0.3, -0.25) is 9.98 Å². The summed E-state index contributed by atoms with van der Waals surface area (Å²) < 4.78 is 15.6. The van der Waals surface area contributed by atoms with Crippen LogP contribution in [0.5, 0.6) is 0 Å². The lowest BCUT2D eigenvalue weighted by Gasteiger charge is -2.27. The molecular formula is C23H23FN4S. The van der Waals surface area contributed by atoms with E-state index in [0.29, 0.717) is 5.25 Å². The minimum Gasteiger partial charge on any atom is -0.341 e. The Balaban J connectivity index is 1.62. The summed E-state index contributed by atoms with van der Waals surface area (Å²) >= 11 is 1.85. The Kier molecular flexibility index (Phi) is 4.46. The molecule has 0 aliphatic carbocycles. The lowest BCUT2D eigenvalue weighted by atomic mass is 9.96. The molecule has 0 N–H and O–H groups in total. The van der Waals surface area contributed by atoms with Crippen molar-refractivity contribution in [3.05, 3.63) is 83.2 Å². The zero-order valence-corrected chi connectivity index (χ0v) is 17.5. The summed E-state index contributed by atoms with van der Waals surface area (Å²) in [7, 11) is 0. The van der Waals surface area contributed by atoms with E-state index in [-0.39, 0.29) is 17.9 Å². The summed E-state index contributed by atoms with van der Waals surface area (Å²) in [6.07, 6.45) is 1.84. The van der Waals surface area contributed by atoms with Gasteiger partial charge in [-0.25, -0.2) is 4.39 Å². The average molecular weight is 407 g/mol. The van der Waals surface area contributed by atoms with Gasteiger partial charge in [0.1, 0.15) is 11.9 Å². The topological polar surface area (TPSA) is 33.4 Å². The molecule has 4 heterocycles. The van der Waals surface area contributed by atoms with Crippen LogP contribution in [-0.2, 0) is 0 Å². The third-order valence-corrected chi connectivity index (χ3v) is 6.86. The third-order valence-electron chi connectivity index (χ3n) is 5.76. The van der Waals surface area contributed by atoms with Gasteiger partial charge >= 0.3 is 0 Å². The number of hydrogen-bond acceptors (Lipinski definition) is 4. The van der Waals surface area contributed by atoms with Gasteiger partial charge in [-0.1, -0.05) is 24.8 Å². The molecule has 3 unspecified atom stereocenters. The molecule has 0 spiro atoms. The van der Waals surface area contributed by atoms with E-state index in [0.717, 1.165) is 28.8 Å². The molecule has 1 aromatic carbocycles. The minimum absolute atomic E-state index is 0.0200. The zero-order valence-electron chi connectivity index (χ0n) is 16.7. The molecule has 2 aliphatic rings.